The highest BCUT2D eigenvalue weighted by molar-refractivity contribution is 5.91. The third-order valence-corrected chi connectivity index (χ3v) is 5.71. The number of pyridine rings is 1. The number of nitrogens with one attached hydrogen (secondary N) is 1. The van der Waals surface area contributed by atoms with E-state index in [-0.39, 0.29) is 23.8 Å². The molecular formula is C21H24FN5O. The molecule has 4 rings (SSSR count). The van der Waals surface area contributed by atoms with Crippen molar-refractivity contribution >= 4 is 22.5 Å². The molecule has 1 N–H and O–H groups in total. The van der Waals surface area contributed by atoms with Gasteiger partial charge in [-0.1, -0.05) is 0 Å². The maximum absolute atomic E-state index is 13.9. The summed E-state index contributed by atoms with van der Waals surface area (Å²) >= 11 is 0. The fourth-order valence-electron chi connectivity index (χ4n) is 4.20. The summed E-state index contributed by atoms with van der Waals surface area (Å²) in [6, 6.07) is 8.96. The van der Waals surface area contributed by atoms with Crippen LogP contribution in [0.25, 0.3) is 10.9 Å². The zero-order chi connectivity index (χ0) is 19.5. The number of aromatic nitrogens is 1. The molecule has 146 valence electrons. The molecule has 1 aromatic carbocycles. The van der Waals surface area contributed by atoms with Crippen molar-refractivity contribution in [3.8, 4) is 6.07 Å². The van der Waals surface area contributed by atoms with Gasteiger partial charge in [-0.3, -0.25) is 14.7 Å². The highest BCUT2D eigenvalue weighted by Crippen LogP contribution is 2.26. The van der Waals surface area contributed by atoms with Crippen molar-refractivity contribution < 1.29 is 9.18 Å². The van der Waals surface area contributed by atoms with Crippen LogP contribution in [0.15, 0.2) is 30.5 Å². The summed E-state index contributed by atoms with van der Waals surface area (Å²) in [5, 5.41) is 13.5. The van der Waals surface area contributed by atoms with Gasteiger partial charge in [0, 0.05) is 49.0 Å². The van der Waals surface area contributed by atoms with Crippen LogP contribution in [0.4, 0.5) is 10.1 Å². The molecule has 0 aliphatic carbocycles. The largest absolute Gasteiger partial charge is 0.382 e. The molecule has 2 saturated heterocycles. The number of rotatable bonds is 4. The number of benzene rings is 1. The van der Waals surface area contributed by atoms with Crippen molar-refractivity contribution in [2.45, 2.75) is 37.8 Å². The first-order chi connectivity index (χ1) is 13.6. The summed E-state index contributed by atoms with van der Waals surface area (Å²) in [6.45, 7) is 2.67. The number of nitrogens with zero attached hydrogens (tertiary/aromatic N) is 4. The van der Waals surface area contributed by atoms with Crippen LogP contribution in [-0.4, -0.2) is 59.0 Å². The Bertz CT molecular complexity index is 903. The molecule has 28 heavy (non-hydrogen) atoms. The molecule has 2 aliphatic rings. The molecule has 0 radical (unpaired) electrons. The number of halogens is 1. The average molecular weight is 381 g/mol. The third-order valence-electron chi connectivity index (χ3n) is 5.71. The van der Waals surface area contributed by atoms with Gasteiger partial charge in [-0.25, -0.2) is 4.39 Å². The van der Waals surface area contributed by atoms with Crippen molar-refractivity contribution in [2.75, 3.05) is 31.5 Å². The second-order valence-electron chi connectivity index (χ2n) is 7.59. The van der Waals surface area contributed by atoms with Gasteiger partial charge in [-0.2, -0.15) is 5.26 Å². The van der Waals surface area contributed by atoms with Crippen LogP contribution in [-0.2, 0) is 4.79 Å². The third kappa shape index (κ3) is 3.92. The molecule has 7 heteroatoms. The first-order valence-electron chi connectivity index (χ1n) is 9.86. The average Bonchev–Trinajstić information content (AvgIpc) is 3.18. The van der Waals surface area contributed by atoms with Crippen molar-refractivity contribution in [1.29, 1.82) is 5.26 Å². The number of carbonyl (C=O) groups excluding carboxylic acids is 1. The maximum Gasteiger partial charge on any atom is 0.237 e. The minimum atomic E-state index is -0.297. The van der Waals surface area contributed by atoms with Crippen molar-refractivity contribution in [3.05, 3.63) is 36.3 Å². The SMILES string of the molecule is N#CC1CCCN1C(=O)CN1CCC(Nc2cc(F)cc3ncccc23)CC1. The van der Waals surface area contributed by atoms with Crippen molar-refractivity contribution in [2.24, 2.45) is 0 Å². The van der Waals surface area contributed by atoms with E-state index < -0.39 is 0 Å². The highest BCUT2D eigenvalue weighted by atomic mass is 19.1. The minimum Gasteiger partial charge on any atom is -0.382 e. The summed E-state index contributed by atoms with van der Waals surface area (Å²) in [4.78, 5) is 20.6. The quantitative estimate of drug-likeness (QED) is 0.882. The molecule has 1 aromatic heterocycles. The number of amides is 1. The van der Waals surface area contributed by atoms with E-state index in [9.17, 15) is 9.18 Å². The zero-order valence-electron chi connectivity index (χ0n) is 15.8. The van der Waals surface area contributed by atoms with Gasteiger partial charge in [0.15, 0.2) is 0 Å². The van der Waals surface area contributed by atoms with E-state index in [0.717, 1.165) is 49.8 Å². The Morgan fingerprint density at radius 1 is 1.29 bits per heavy atom. The number of hydrogen-bond donors (Lipinski definition) is 1. The predicted molar refractivity (Wildman–Crippen MR) is 105 cm³/mol. The Balaban J connectivity index is 1.34. The predicted octanol–water partition coefficient (Wildman–Crippen LogP) is 2.76. The van der Waals surface area contributed by atoms with Crippen LogP contribution in [0.5, 0.6) is 0 Å². The van der Waals surface area contributed by atoms with Crippen LogP contribution >= 0.6 is 0 Å². The zero-order valence-corrected chi connectivity index (χ0v) is 15.8. The molecule has 1 amide bonds. The van der Waals surface area contributed by atoms with Crippen molar-refractivity contribution in [1.82, 2.24) is 14.8 Å². The van der Waals surface area contributed by atoms with E-state index in [0.29, 0.717) is 18.6 Å². The Hall–Kier alpha value is -2.72. The van der Waals surface area contributed by atoms with Gasteiger partial charge in [-0.05, 0) is 43.9 Å². The lowest BCUT2D eigenvalue weighted by Crippen LogP contribution is -2.46. The van der Waals surface area contributed by atoms with Crippen LogP contribution in [0, 0.1) is 17.1 Å². The fourth-order valence-corrected chi connectivity index (χ4v) is 4.20. The number of anilines is 1. The number of nitriles is 1. The number of carbonyl (C=O) groups is 1. The normalized spacial score (nSPS) is 21.0. The summed E-state index contributed by atoms with van der Waals surface area (Å²) in [6.07, 6.45) is 5.12. The Morgan fingerprint density at radius 3 is 2.89 bits per heavy atom. The molecule has 0 saturated carbocycles. The first-order valence-corrected chi connectivity index (χ1v) is 9.86. The second kappa shape index (κ2) is 8.11. The molecule has 0 spiro atoms. The fraction of sp³-hybridized carbons (Fsp3) is 0.476. The van der Waals surface area contributed by atoms with Gasteiger partial charge in [0.25, 0.3) is 0 Å². The molecule has 2 aromatic rings. The van der Waals surface area contributed by atoms with Gasteiger partial charge < -0.3 is 10.2 Å². The van der Waals surface area contributed by atoms with Crippen LogP contribution < -0.4 is 5.32 Å². The second-order valence-corrected chi connectivity index (χ2v) is 7.59. The van der Waals surface area contributed by atoms with Crippen LogP contribution in [0.1, 0.15) is 25.7 Å². The lowest BCUT2D eigenvalue weighted by molar-refractivity contribution is -0.132. The van der Waals surface area contributed by atoms with Gasteiger partial charge >= 0.3 is 0 Å². The molecule has 2 aliphatic heterocycles. The molecule has 3 heterocycles. The highest BCUT2D eigenvalue weighted by Gasteiger charge is 2.30. The molecule has 1 atom stereocenters. The number of likely N-dealkylation sites (tertiary alicyclic amines) is 2. The van der Waals surface area contributed by atoms with Gasteiger partial charge in [0.05, 0.1) is 18.1 Å². The van der Waals surface area contributed by atoms with E-state index in [1.807, 2.05) is 12.1 Å². The molecule has 2 fully saturated rings. The Kier molecular flexibility index (Phi) is 5.40. The maximum atomic E-state index is 13.9. The van der Waals surface area contributed by atoms with E-state index >= 15 is 0 Å². The summed E-state index contributed by atoms with van der Waals surface area (Å²) < 4.78 is 13.9. The number of hydrogen-bond acceptors (Lipinski definition) is 5. The summed E-state index contributed by atoms with van der Waals surface area (Å²) in [7, 11) is 0. The van der Waals surface area contributed by atoms with Gasteiger partial charge in [-0.15, -0.1) is 0 Å². The summed E-state index contributed by atoms with van der Waals surface area (Å²) in [5.41, 5.74) is 1.41. The van der Waals surface area contributed by atoms with E-state index in [1.54, 1.807) is 11.1 Å². The van der Waals surface area contributed by atoms with Crippen molar-refractivity contribution in [3.63, 3.8) is 0 Å². The minimum absolute atomic E-state index is 0.0534. The molecule has 1 unspecified atom stereocenters. The van der Waals surface area contributed by atoms with Gasteiger partial charge in [0.2, 0.25) is 5.91 Å². The lowest BCUT2D eigenvalue weighted by atomic mass is 10.0. The Morgan fingerprint density at radius 2 is 2.11 bits per heavy atom. The van der Waals surface area contributed by atoms with Crippen LogP contribution in [0.3, 0.4) is 0 Å². The van der Waals surface area contributed by atoms with E-state index in [4.69, 9.17) is 5.26 Å². The molecule has 6 nitrogen and oxygen atoms in total. The molecular weight excluding hydrogens is 357 g/mol. The lowest BCUT2D eigenvalue weighted by Gasteiger charge is -2.33. The van der Waals surface area contributed by atoms with Gasteiger partial charge in [0.1, 0.15) is 11.9 Å². The number of fused-ring (bicyclic) bond motifs is 1. The Labute approximate surface area is 163 Å². The smallest absolute Gasteiger partial charge is 0.237 e. The molecule has 0 bridgehead atoms. The number of piperidine rings is 1. The summed E-state index contributed by atoms with van der Waals surface area (Å²) in [5.74, 6) is -0.243. The van der Waals surface area contributed by atoms with E-state index in [2.05, 4.69) is 21.3 Å². The van der Waals surface area contributed by atoms with E-state index in [1.165, 1.54) is 12.1 Å². The first kappa shape index (κ1) is 18.6. The monoisotopic (exact) mass is 381 g/mol. The standard InChI is InChI=1S/C21H24FN5O/c22-15-11-19-18(4-1-7-24-19)20(12-15)25-16-5-9-26(10-6-16)14-21(28)27-8-2-3-17(27)13-23/h1,4,7,11-12,16-17,25H,2-3,5-6,8-10,14H2. The van der Waals surface area contributed by atoms with Crippen LogP contribution in [0.2, 0.25) is 0 Å². The topological polar surface area (TPSA) is 72.3 Å².